The fraction of sp³-hybridized carbons (Fsp3) is 0.133. The van der Waals surface area contributed by atoms with Gasteiger partial charge in [-0.3, -0.25) is 4.79 Å². The predicted molar refractivity (Wildman–Crippen MR) is 84.4 cm³/mol. The molecule has 1 aromatic carbocycles. The lowest BCUT2D eigenvalue weighted by Crippen LogP contribution is -2.32. The number of cyclic esters (lactones) is 1. The van der Waals surface area contributed by atoms with Crippen LogP contribution >= 0.6 is 11.3 Å². The number of amides is 2. The number of thiophene rings is 1. The Morgan fingerprint density at radius 1 is 1.32 bits per heavy atom. The molecule has 0 bridgehead atoms. The lowest BCUT2D eigenvalue weighted by atomic mass is 10.1. The highest BCUT2D eigenvalue weighted by molar-refractivity contribution is 7.12. The molecule has 0 radical (unpaired) electrons. The van der Waals surface area contributed by atoms with E-state index < -0.39 is 6.09 Å². The van der Waals surface area contributed by atoms with Gasteiger partial charge >= 0.3 is 6.09 Å². The molecule has 0 fully saturated rings. The quantitative estimate of drug-likeness (QED) is 0.946. The number of nitrogens with one attached hydrogen (secondary N) is 1. The van der Waals surface area contributed by atoms with Crippen LogP contribution in [0.5, 0.6) is 0 Å². The number of rotatable bonds is 3. The molecule has 112 valence electrons. The van der Waals surface area contributed by atoms with E-state index in [1.807, 2.05) is 23.6 Å². The first-order valence-corrected chi connectivity index (χ1v) is 7.45. The number of hydrogen-bond donors (Lipinski definition) is 1. The number of hydrazone groups is 1. The summed E-state index contributed by atoms with van der Waals surface area (Å²) in [6.07, 6.45) is -0.469. The normalized spacial score (nSPS) is 14.3. The number of carbonyl (C=O) groups is 2. The molecule has 0 saturated carbocycles. The number of carbonyl (C=O) groups excluding carboxylic acids is 2. The number of ether oxygens (including phenoxy) is 1. The molecular formula is C15H13N3O3S. The molecule has 1 aliphatic heterocycles. The molecule has 1 N–H and O–H groups in total. The van der Waals surface area contributed by atoms with E-state index in [0.29, 0.717) is 16.3 Å². The number of benzene rings is 1. The largest absolute Gasteiger partial charge is 0.442 e. The highest BCUT2D eigenvalue weighted by Gasteiger charge is 2.19. The van der Waals surface area contributed by atoms with E-state index in [0.717, 1.165) is 10.6 Å². The standard InChI is InChI=1S/C15H13N3O3S/c1-18-15(20)21-9-12(17-18)10-4-6-11(7-5-10)16-14(19)13-3-2-8-22-13/h2-8H,9H2,1H3,(H,16,19). The Kier molecular flexibility index (Phi) is 3.88. The second kappa shape index (κ2) is 5.98. The second-order valence-corrected chi connectivity index (χ2v) is 5.58. The SMILES string of the molecule is CN1N=C(c2ccc(NC(=O)c3cccs3)cc2)COC1=O. The summed E-state index contributed by atoms with van der Waals surface area (Å²) in [5, 5.41) is 10.00. The van der Waals surface area contributed by atoms with Gasteiger partial charge in [-0.25, -0.2) is 9.80 Å². The minimum atomic E-state index is -0.469. The molecule has 2 amide bonds. The van der Waals surface area contributed by atoms with Gasteiger partial charge in [0, 0.05) is 18.3 Å². The van der Waals surface area contributed by atoms with Crippen molar-refractivity contribution in [2.24, 2.45) is 5.10 Å². The molecule has 1 aliphatic rings. The van der Waals surface area contributed by atoms with Gasteiger partial charge in [0.05, 0.1) is 4.88 Å². The van der Waals surface area contributed by atoms with Crippen molar-refractivity contribution >= 4 is 34.7 Å². The third kappa shape index (κ3) is 2.99. The zero-order valence-corrected chi connectivity index (χ0v) is 12.6. The Morgan fingerprint density at radius 3 is 2.73 bits per heavy atom. The summed E-state index contributed by atoms with van der Waals surface area (Å²) < 4.78 is 4.99. The van der Waals surface area contributed by atoms with Crippen LogP contribution in [0.3, 0.4) is 0 Å². The van der Waals surface area contributed by atoms with E-state index in [-0.39, 0.29) is 12.5 Å². The first-order valence-electron chi connectivity index (χ1n) is 6.57. The summed E-state index contributed by atoms with van der Waals surface area (Å²) in [5.74, 6) is -0.133. The number of anilines is 1. The molecule has 2 heterocycles. The van der Waals surface area contributed by atoms with E-state index >= 15 is 0 Å². The predicted octanol–water partition coefficient (Wildman–Crippen LogP) is 2.79. The molecule has 3 rings (SSSR count). The average Bonchev–Trinajstić information content (AvgIpc) is 3.05. The van der Waals surface area contributed by atoms with E-state index in [1.165, 1.54) is 18.4 Å². The molecule has 22 heavy (non-hydrogen) atoms. The first-order chi connectivity index (χ1) is 10.6. The summed E-state index contributed by atoms with van der Waals surface area (Å²) in [6.45, 7) is 0.143. The number of nitrogens with zero attached hydrogens (tertiary/aromatic N) is 2. The van der Waals surface area contributed by atoms with Crippen LogP contribution in [0.1, 0.15) is 15.2 Å². The summed E-state index contributed by atoms with van der Waals surface area (Å²) >= 11 is 1.39. The van der Waals surface area contributed by atoms with Crippen molar-refractivity contribution in [1.82, 2.24) is 5.01 Å². The van der Waals surface area contributed by atoms with Crippen LogP contribution in [0.2, 0.25) is 0 Å². The molecule has 2 aromatic rings. The van der Waals surface area contributed by atoms with Crippen molar-refractivity contribution in [3.63, 3.8) is 0 Å². The molecule has 1 aromatic heterocycles. The molecule has 0 unspecified atom stereocenters. The van der Waals surface area contributed by atoms with Gasteiger partial charge in [-0.05, 0) is 23.6 Å². The van der Waals surface area contributed by atoms with Gasteiger partial charge in [0.1, 0.15) is 12.3 Å². The van der Waals surface area contributed by atoms with Gasteiger partial charge in [-0.1, -0.05) is 18.2 Å². The van der Waals surface area contributed by atoms with E-state index in [2.05, 4.69) is 10.4 Å². The Morgan fingerprint density at radius 2 is 2.09 bits per heavy atom. The van der Waals surface area contributed by atoms with Gasteiger partial charge < -0.3 is 10.1 Å². The third-order valence-electron chi connectivity index (χ3n) is 3.09. The van der Waals surface area contributed by atoms with Gasteiger partial charge in [0.2, 0.25) is 0 Å². The topological polar surface area (TPSA) is 71.0 Å². The van der Waals surface area contributed by atoms with Gasteiger partial charge in [-0.2, -0.15) is 5.10 Å². The lowest BCUT2D eigenvalue weighted by Gasteiger charge is -2.19. The van der Waals surface area contributed by atoms with Crippen LogP contribution in [0.25, 0.3) is 0 Å². The third-order valence-corrected chi connectivity index (χ3v) is 3.96. The second-order valence-electron chi connectivity index (χ2n) is 4.63. The molecule has 6 nitrogen and oxygen atoms in total. The fourth-order valence-corrected chi connectivity index (χ4v) is 2.58. The highest BCUT2D eigenvalue weighted by Crippen LogP contribution is 2.16. The Hall–Kier alpha value is -2.67. The van der Waals surface area contributed by atoms with E-state index in [9.17, 15) is 9.59 Å². The smallest absolute Gasteiger partial charge is 0.430 e. The molecule has 0 aliphatic carbocycles. The molecule has 0 saturated heterocycles. The van der Waals surface area contributed by atoms with Gasteiger partial charge in [0.25, 0.3) is 5.91 Å². The minimum Gasteiger partial charge on any atom is -0.442 e. The molecular weight excluding hydrogens is 302 g/mol. The van der Waals surface area contributed by atoms with E-state index in [1.54, 1.807) is 18.2 Å². The summed E-state index contributed by atoms with van der Waals surface area (Å²) in [7, 11) is 1.54. The lowest BCUT2D eigenvalue weighted by molar-refractivity contribution is 0.103. The van der Waals surface area contributed by atoms with Crippen LogP contribution in [-0.2, 0) is 4.74 Å². The van der Waals surface area contributed by atoms with Gasteiger partial charge in [-0.15, -0.1) is 11.3 Å². The van der Waals surface area contributed by atoms with Crippen LogP contribution in [0.4, 0.5) is 10.5 Å². The zero-order chi connectivity index (χ0) is 15.5. The molecule has 0 atom stereocenters. The van der Waals surface area contributed by atoms with Crippen molar-refractivity contribution in [3.8, 4) is 0 Å². The maximum atomic E-state index is 12.0. The summed E-state index contributed by atoms with van der Waals surface area (Å²) in [5.41, 5.74) is 2.20. The number of hydrogen-bond acceptors (Lipinski definition) is 5. The zero-order valence-electron chi connectivity index (χ0n) is 11.8. The summed E-state index contributed by atoms with van der Waals surface area (Å²) in [6, 6.07) is 10.8. The van der Waals surface area contributed by atoms with E-state index in [4.69, 9.17) is 4.74 Å². The van der Waals surface area contributed by atoms with Crippen molar-refractivity contribution in [2.75, 3.05) is 19.0 Å². The van der Waals surface area contributed by atoms with Crippen LogP contribution in [0.15, 0.2) is 46.9 Å². The van der Waals surface area contributed by atoms with Crippen molar-refractivity contribution in [1.29, 1.82) is 0 Å². The fourth-order valence-electron chi connectivity index (χ4n) is 1.96. The van der Waals surface area contributed by atoms with Crippen LogP contribution in [0, 0.1) is 0 Å². The highest BCUT2D eigenvalue weighted by atomic mass is 32.1. The average molecular weight is 315 g/mol. The summed E-state index contributed by atoms with van der Waals surface area (Å²) in [4.78, 5) is 23.8. The molecule has 0 spiro atoms. The Bertz CT molecular complexity index is 723. The minimum absolute atomic E-state index is 0.133. The van der Waals surface area contributed by atoms with Gasteiger partial charge in [0.15, 0.2) is 0 Å². The Labute approximate surface area is 131 Å². The van der Waals surface area contributed by atoms with Crippen molar-refractivity contribution in [3.05, 3.63) is 52.2 Å². The maximum absolute atomic E-state index is 12.0. The maximum Gasteiger partial charge on any atom is 0.430 e. The molecule has 7 heteroatoms. The van der Waals surface area contributed by atoms with Crippen LogP contribution in [-0.4, -0.2) is 36.4 Å². The van der Waals surface area contributed by atoms with Crippen LogP contribution < -0.4 is 5.32 Å². The van der Waals surface area contributed by atoms with Crippen molar-refractivity contribution < 1.29 is 14.3 Å². The first kappa shape index (κ1) is 14.3. The monoisotopic (exact) mass is 315 g/mol. The van der Waals surface area contributed by atoms with Crippen molar-refractivity contribution in [2.45, 2.75) is 0 Å². The Balaban J connectivity index is 1.72.